The highest BCUT2D eigenvalue weighted by Crippen LogP contribution is 2.64. The summed E-state index contributed by atoms with van der Waals surface area (Å²) >= 11 is 0. The maximum atomic E-state index is 3.98. The summed E-state index contributed by atoms with van der Waals surface area (Å²) in [6, 6.07) is 0.885. The molecule has 0 bridgehead atoms. The van der Waals surface area contributed by atoms with Gasteiger partial charge in [-0.05, 0) is 49.5 Å². The van der Waals surface area contributed by atoms with E-state index in [-0.39, 0.29) is 0 Å². The second-order valence-corrected chi connectivity index (χ2v) is 7.42. The third-order valence-electron chi connectivity index (χ3n) is 5.23. The summed E-state index contributed by atoms with van der Waals surface area (Å²) in [6.07, 6.45) is 7.88. The van der Waals surface area contributed by atoms with E-state index >= 15 is 0 Å². The molecular formula is C15H25N. The quantitative estimate of drug-likeness (QED) is 0.643. The Labute approximate surface area is 99.9 Å². The minimum atomic E-state index is 0.492. The molecule has 90 valence electrons. The Morgan fingerprint density at radius 1 is 1.38 bits per heavy atom. The van der Waals surface area contributed by atoms with Crippen molar-refractivity contribution < 1.29 is 0 Å². The van der Waals surface area contributed by atoms with Crippen molar-refractivity contribution >= 4 is 0 Å². The second-order valence-electron chi connectivity index (χ2n) is 7.42. The molecule has 0 aromatic rings. The van der Waals surface area contributed by atoms with E-state index in [0.29, 0.717) is 11.0 Å². The molecule has 2 heterocycles. The van der Waals surface area contributed by atoms with E-state index in [2.05, 4.69) is 38.3 Å². The van der Waals surface area contributed by atoms with Crippen LogP contribution in [0, 0.1) is 17.3 Å². The summed E-state index contributed by atoms with van der Waals surface area (Å²) in [4.78, 5) is 2.84. The first-order valence-electron chi connectivity index (χ1n) is 6.86. The molecule has 1 heteroatoms. The summed E-state index contributed by atoms with van der Waals surface area (Å²) in [5.74, 6) is 1.79. The van der Waals surface area contributed by atoms with Gasteiger partial charge in [-0.25, -0.2) is 0 Å². The Bertz CT molecular complexity index is 314. The maximum Gasteiger partial charge on any atom is 0.0267 e. The van der Waals surface area contributed by atoms with E-state index in [4.69, 9.17) is 0 Å². The molecule has 1 nitrogen and oxygen atoms in total. The van der Waals surface area contributed by atoms with Crippen LogP contribution in [0.1, 0.15) is 46.5 Å². The van der Waals surface area contributed by atoms with Crippen molar-refractivity contribution in [1.82, 2.24) is 4.90 Å². The minimum absolute atomic E-state index is 0.492. The van der Waals surface area contributed by atoms with Crippen LogP contribution in [0.4, 0.5) is 0 Å². The van der Waals surface area contributed by atoms with Gasteiger partial charge in [0.15, 0.2) is 0 Å². The highest BCUT2D eigenvalue weighted by atomic mass is 15.3. The SMILES string of the molecule is C=C[C@H]1CC23C[C@@H](CC(C)(C)C)N2CC[C@H]13. The van der Waals surface area contributed by atoms with Gasteiger partial charge in [0.1, 0.15) is 0 Å². The van der Waals surface area contributed by atoms with Crippen molar-refractivity contribution in [2.45, 2.75) is 58.0 Å². The molecule has 0 aromatic heterocycles. The maximum absolute atomic E-state index is 3.98. The van der Waals surface area contributed by atoms with Crippen LogP contribution in [0.3, 0.4) is 0 Å². The number of allylic oxidation sites excluding steroid dienone is 1. The normalized spacial score (nSPS) is 46.6. The first kappa shape index (κ1) is 10.8. The first-order chi connectivity index (χ1) is 7.46. The molecule has 16 heavy (non-hydrogen) atoms. The van der Waals surface area contributed by atoms with Crippen LogP contribution in [0.25, 0.3) is 0 Å². The van der Waals surface area contributed by atoms with Gasteiger partial charge in [-0.2, -0.15) is 0 Å². The summed E-state index contributed by atoms with van der Waals surface area (Å²) in [5, 5.41) is 0. The molecule has 1 aliphatic carbocycles. The average Bonchev–Trinajstić information content (AvgIpc) is 2.34. The molecule has 0 amide bonds. The highest BCUT2D eigenvalue weighted by Gasteiger charge is 2.66. The molecule has 3 fully saturated rings. The van der Waals surface area contributed by atoms with Crippen molar-refractivity contribution in [2.75, 3.05) is 6.54 Å². The molecule has 2 aliphatic heterocycles. The van der Waals surface area contributed by atoms with Gasteiger partial charge in [-0.1, -0.05) is 26.8 Å². The number of nitrogens with zero attached hydrogens (tertiary/aromatic N) is 1. The largest absolute Gasteiger partial charge is 0.294 e. The van der Waals surface area contributed by atoms with Gasteiger partial charge in [0.2, 0.25) is 0 Å². The third-order valence-corrected chi connectivity index (χ3v) is 5.23. The zero-order valence-electron chi connectivity index (χ0n) is 11.0. The molecule has 1 unspecified atom stereocenters. The molecular weight excluding hydrogens is 194 g/mol. The fourth-order valence-corrected chi connectivity index (χ4v) is 4.69. The van der Waals surface area contributed by atoms with E-state index in [1.54, 1.807) is 0 Å². The summed E-state index contributed by atoms with van der Waals surface area (Å²) in [5.41, 5.74) is 1.14. The summed E-state index contributed by atoms with van der Waals surface area (Å²) in [6.45, 7) is 12.5. The molecule has 2 saturated heterocycles. The van der Waals surface area contributed by atoms with Crippen molar-refractivity contribution in [3.05, 3.63) is 12.7 Å². The van der Waals surface area contributed by atoms with Gasteiger partial charge in [-0.3, -0.25) is 4.90 Å². The van der Waals surface area contributed by atoms with Gasteiger partial charge in [0.05, 0.1) is 0 Å². The number of hydrogen-bond acceptors (Lipinski definition) is 1. The lowest BCUT2D eigenvalue weighted by Crippen LogP contribution is -2.71. The summed E-state index contributed by atoms with van der Waals surface area (Å²) < 4.78 is 0. The van der Waals surface area contributed by atoms with Gasteiger partial charge in [-0.15, -0.1) is 6.58 Å². The Hall–Kier alpha value is -0.300. The molecule has 1 saturated carbocycles. The number of hydrogen-bond donors (Lipinski definition) is 0. The zero-order valence-corrected chi connectivity index (χ0v) is 11.0. The van der Waals surface area contributed by atoms with Crippen LogP contribution in [0.2, 0.25) is 0 Å². The summed E-state index contributed by atoms with van der Waals surface area (Å²) in [7, 11) is 0. The lowest BCUT2D eigenvalue weighted by atomic mass is 9.53. The minimum Gasteiger partial charge on any atom is -0.294 e. The molecule has 3 rings (SSSR count). The van der Waals surface area contributed by atoms with Crippen molar-refractivity contribution in [3.8, 4) is 0 Å². The first-order valence-corrected chi connectivity index (χ1v) is 6.86. The lowest BCUT2D eigenvalue weighted by molar-refractivity contribution is -0.143. The van der Waals surface area contributed by atoms with E-state index in [0.717, 1.165) is 17.9 Å². The molecule has 4 atom stereocenters. The Morgan fingerprint density at radius 2 is 2.12 bits per heavy atom. The molecule has 0 aromatic carbocycles. The van der Waals surface area contributed by atoms with Gasteiger partial charge < -0.3 is 0 Å². The second kappa shape index (κ2) is 3.13. The smallest absolute Gasteiger partial charge is 0.0267 e. The molecule has 0 N–H and O–H groups in total. The Balaban J connectivity index is 1.66. The third kappa shape index (κ3) is 1.27. The van der Waals surface area contributed by atoms with E-state index in [9.17, 15) is 0 Å². The van der Waals surface area contributed by atoms with Crippen LogP contribution < -0.4 is 0 Å². The average molecular weight is 219 g/mol. The molecule has 0 radical (unpaired) electrons. The predicted octanol–water partition coefficient (Wildman–Crippen LogP) is 3.46. The van der Waals surface area contributed by atoms with Crippen molar-refractivity contribution in [2.24, 2.45) is 17.3 Å². The van der Waals surface area contributed by atoms with E-state index < -0.39 is 0 Å². The van der Waals surface area contributed by atoms with Crippen molar-refractivity contribution in [1.29, 1.82) is 0 Å². The van der Waals surface area contributed by atoms with Gasteiger partial charge in [0.25, 0.3) is 0 Å². The van der Waals surface area contributed by atoms with Gasteiger partial charge >= 0.3 is 0 Å². The fourth-order valence-electron chi connectivity index (χ4n) is 4.69. The van der Waals surface area contributed by atoms with Crippen LogP contribution in [0.15, 0.2) is 12.7 Å². The number of rotatable bonds is 2. The lowest BCUT2D eigenvalue weighted by Gasteiger charge is -2.66. The van der Waals surface area contributed by atoms with Crippen LogP contribution in [-0.2, 0) is 0 Å². The molecule has 1 spiro atoms. The van der Waals surface area contributed by atoms with Gasteiger partial charge in [0, 0.05) is 11.6 Å². The topological polar surface area (TPSA) is 3.24 Å². The zero-order chi connectivity index (χ0) is 11.6. The predicted molar refractivity (Wildman–Crippen MR) is 68.3 cm³/mol. The van der Waals surface area contributed by atoms with Crippen molar-refractivity contribution in [3.63, 3.8) is 0 Å². The Morgan fingerprint density at radius 3 is 2.75 bits per heavy atom. The standard InChI is InChI=1S/C15H25N/c1-5-11-8-15-10-12(9-14(2,3)4)16(15)7-6-13(11)15/h5,11-13H,1,6-10H2,2-4H3/t11-,12+,13+,15?/m0/s1. The fraction of sp³-hybridized carbons (Fsp3) is 0.867. The highest BCUT2D eigenvalue weighted by molar-refractivity contribution is 5.24. The monoisotopic (exact) mass is 219 g/mol. The van der Waals surface area contributed by atoms with E-state index in [1.165, 1.54) is 32.2 Å². The van der Waals surface area contributed by atoms with Crippen LogP contribution in [-0.4, -0.2) is 23.0 Å². The van der Waals surface area contributed by atoms with Crippen LogP contribution in [0.5, 0.6) is 0 Å². The Kier molecular flexibility index (Phi) is 2.12. The molecule has 3 aliphatic rings. The van der Waals surface area contributed by atoms with E-state index in [1.807, 2.05) is 0 Å². The van der Waals surface area contributed by atoms with Crippen LogP contribution >= 0.6 is 0 Å².